The van der Waals surface area contributed by atoms with E-state index in [1.54, 1.807) is 6.08 Å². The Balaban J connectivity index is 1.51. The van der Waals surface area contributed by atoms with E-state index in [-0.39, 0.29) is 5.82 Å². The first-order valence-electron chi connectivity index (χ1n) is 12.9. The minimum Gasteiger partial charge on any atom is -0.384 e. The van der Waals surface area contributed by atoms with Crippen LogP contribution in [0.4, 0.5) is 10.1 Å². The van der Waals surface area contributed by atoms with Crippen molar-refractivity contribution < 1.29 is 4.39 Å². The average molecular weight is 512 g/mol. The lowest BCUT2D eigenvalue weighted by Gasteiger charge is -2.14. The summed E-state index contributed by atoms with van der Waals surface area (Å²) in [5.74, 6) is 0.354. The molecule has 0 saturated carbocycles. The molecule has 2 aromatic heterocycles. The highest BCUT2D eigenvalue weighted by atomic mass is 19.1. The molecule has 0 amide bonds. The van der Waals surface area contributed by atoms with Crippen LogP contribution < -0.4 is 10.6 Å². The highest BCUT2D eigenvalue weighted by Crippen LogP contribution is 2.33. The molecule has 0 atom stereocenters. The van der Waals surface area contributed by atoms with Gasteiger partial charge in [-0.3, -0.25) is 5.10 Å². The summed E-state index contributed by atoms with van der Waals surface area (Å²) in [5.41, 5.74) is 8.09. The third-order valence-electron chi connectivity index (χ3n) is 6.74. The molecule has 1 aliphatic rings. The molecule has 0 unspecified atom stereocenters. The number of fused-ring (bicyclic) bond motifs is 1. The third-order valence-corrected chi connectivity index (χ3v) is 6.74. The van der Waals surface area contributed by atoms with Gasteiger partial charge in [0.2, 0.25) is 0 Å². The molecule has 1 aliphatic heterocycles. The number of rotatable bonds is 9. The van der Waals surface area contributed by atoms with Gasteiger partial charge < -0.3 is 20.5 Å². The van der Waals surface area contributed by atoms with Gasteiger partial charge in [-0.15, -0.1) is 0 Å². The van der Waals surface area contributed by atoms with Crippen LogP contribution in [0.5, 0.6) is 0 Å². The number of H-pyrrole nitrogens is 2. The minimum absolute atomic E-state index is 0.309. The number of aryl methyl sites for hydroxylation is 1. The van der Waals surface area contributed by atoms with Gasteiger partial charge in [-0.2, -0.15) is 5.10 Å². The quantitative estimate of drug-likeness (QED) is 0.227. The van der Waals surface area contributed by atoms with Crippen molar-refractivity contribution in [3.8, 4) is 11.5 Å². The fraction of sp³-hybridized carbons (Fsp3) is 0.267. The molecule has 0 radical (unpaired) electrons. The first-order chi connectivity index (χ1) is 18.4. The Hall–Kier alpha value is -4.01. The number of hydrogen-bond donors (Lipinski definition) is 4. The highest BCUT2D eigenvalue weighted by molar-refractivity contribution is 5.94. The van der Waals surface area contributed by atoms with Crippen molar-refractivity contribution in [1.82, 2.24) is 30.4 Å². The second-order valence-corrected chi connectivity index (χ2v) is 9.85. The lowest BCUT2D eigenvalue weighted by atomic mass is 9.98. The molecule has 4 N–H and O–H groups in total. The number of aromatic nitrogens is 4. The van der Waals surface area contributed by atoms with Crippen LogP contribution >= 0.6 is 0 Å². The lowest BCUT2D eigenvalue weighted by Crippen LogP contribution is -2.20. The molecule has 0 fully saturated rings. The molecule has 0 bridgehead atoms. The van der Waals surface area contributed by atoms with Gasteiger partial charge in [-0.05, 0) is 81.0 Å². The van der Waals surface area contributed by atoms with Crippen molar-refractivity contribution in [2.75, 3.05) is 45.6 Å². The van der Waals surface area contributed by atoms with Crippen LogP contribution in [-0.4, -0.2) is 65.3 Å². The lowest BCUT2D eigenvalue weighted by molar-refractivity contribution is 0.425. The molecule has 0 spiro atoms. The van der Waals surface area contributed by atoms with Gasteiger partial charge >= 0.3 is 0 Å². The molecule has 0 aliphatic carbocycles. The van der Waals surface area contributed by atoms with Crippen LogP contribution in [0, 0.1) is 12.7 Å². The summed E-state index contributed by atoms with van der Waals surface area (Å²) in [4.78, 5) is 10.5. The van der Waals surface area contributed by atoms with Crippen molar-refractivity contribution in [3.05, 3.63) is 89.5 Å². The van der Waals surface area contributed by atoms with E-state index >= 15 is 0 Å². The van der Waals surface area contributed by atoms with E-state index in [0.29, 0.717) is 12.4 Å². The number of hydrogen-bond acceptors (Lipinski definition) is 5. The van der Waals surface area contributed by atoms with Gasteiger partial charge in [0, 0.05) is 42.0 Å². The number of anilines is 1. The topological polar surface area (TPSA) is 84.7 Å². The van der Waals surface area contributed by atoms with E-state index in [0.717, 1.165) is 70.9 Å². The van der Waals surface area contributed by atoms with Gasteiger partial charge in [-0.1, -0.05) is 30.9 Å². The van der Waals surface area contributed by atoms with Gasteiger partial charge in [-0.25, -0.2) is 9.37 Å². The van der Waals surface area contributed by atoms with Crippen molar-refractivity contribution in [1.29, 1.82) is 0 Å². The Morgan fingerprint density at radius 2 is 2.08 bits per heavy atom. The van der Waals surface area contributed by atoms with Gasteiger partial charge in [0.05, 0.1) is 11.2 Å². The summed E-state index contributed by atoms with van der Waals surface area (Å²) in [6, 6.07) is 11.4. The molecule has 196 valence electrons. The molecule has 38 heavy (non-hydrogen) atoms. The zero-order chi connectivity index (χ0) is 26.6. The van der Waals surface area contributed by atoms with Crippen molar-refractivity contribution >= 4 is 27.7 Å². The van der Waals surface area contributed by atoms with E-state index in [4.69, 9.17) is 4.98 Å². The molecule has 2 aromatic carbocycles. The third kappa shape index (κ3) is 5.46. The molecule has 0 saturated heterocycles. The fourth-order valence-electron chi connectivity index (χ4n) is 4.81. The van der Waals surface area contributed by atoms with Crippen LogP contribution in [-0.2, 0) is 0 Å². The van der Waals surface area contributed by atoms with Gasteiger partial charge in [0.1, 0.15) is 11.5 Å². The standard InChI is InChI=1S/C30H34FN7/c1-5-6-25(22-15-23(31)18-24(16-22)33-13-14-38(3)4)28-19(2)34-30(35-28)29-26-17-21(7-8-27(26)36-37-29)20-9-11-32-12-10-20/h5-9,15-18,32-33H,1,10-14H2,2-4H3,(H,34,35)(H,36,37)/b25-6-. The maximum Gasteiger partial charge on any atom is 0.159 e. The number of nitrogens with one attached hydrogen (secondary N) is 4. The maximum absolute atomic E-state index is 14.7. The Morgan fingerprint density at radius 3 is 2.84 bits per heavy atom. The van der Waals surface area contributed by atoms with Crippen LogP contribution in [0.1, 0.15) is 28.9 Å². The number of imidazole rings is 1. The molecule has 8 heteroatoms. The van der Waals surface area contributed by atoms with Crippen LogP contribution in [0.15, 0.2) is 61.2 Å². The van der Waals surface area contributed by atoms with Crippen molar-refractivity contribution in [2.45, 2.75) is 13.3 Å². The molecule has 4 aromatic rings. The largest absolute Gasteiger partial charge is 0.384 e. The number of nitrogens with zero attached hydrogens (tertiary/aromatic N) is 3. The van der Waals surface area contributed by atoms with Crippen LogP contribution in [0.25, 0.3) is 33.6 Å². The first-order valence-corrected chi connectivity index (χ1v) is 12.9. The SMILES string of the molecule is C=C/C=C(/c1cc(F)cc(NCCN(C)C)c1)c1nc(-c2n[nH]c3ccc(C4=CCNCC4)cc23)[nH]c1C. The molecular weight excluding hydrogens is 477 g/mol. The second kappa shape index (κ2) is 11.2. The summed E-state index contributed by atoms with van der Waals surface area (Å²) in [6.45, 7) is 9.28. The van der Waals surface area contributed by atoms with E-state index in [9.17, 15) is 4.39 Å². The number of aromatic amines is 2. The molecule has 7 nitrogen and oxygen atoms in total. The van der Waals surface area contributed by atoms with E-state index in [1.165, 1.54) is 23.3 Å². The summed E-state index contributed by atoms with van der Waals surface area (Å²) in [7, 11) is 4.02. The number of benzene rings is 2. The Labute approximate surface area is 222 Å². The van der Waals surface area contributed by atoms with E-state index in [1.807, 2.05) is 33.2 Å². The smallest absolute Gasteiger partial charge is 0.159 e. The van der Waals surface area contributed by atoms with Gasteiger partial charge in [0.25, 0.3) is 0 Å². The Morgan fingerprint density at radius 1 is 1.21 bits per heavy atom. The summed E-state index contributed by atoms with van der Waals surface area (Å²) in [5, 5.41) is 15.4. The van der Waals surface area contributed by atoms with Crippen molar-refractivity contribution in [3.63, 3.8) is 0 Å². The normalized spacial score (nSPS) is 14.2. The average Bonchev–Trinajstić information content (AvgIpc) is 3.50. The van der Waals surface area contributed by atoms with Crippen LogP contribution in [0.2, 0.25) is 0 Å². The predicted octanol–water partition coefficient (Wildman–Crippen LogP) is 5.37. The zero-order valence-electron chi connectivity index (χ0n) is 22.2. The maximum atomic E-state index is 14.7. The number of allylic oxidation sites excluding steroid dienone is 2. The van der Waals surface area contributed by atoms with Crippen molar-refractivity contribution in [2.24, 2.45) is 0 Å². The zero-order valence-corrected chi connectivity index (χ0v) is 22.2. The molecule has 5 rings (SSSR count). The van der Waals surface area contributed by atoms with E-state index < -0.39 is 0 Å². The molecular formula is C30H34FN7. The highest BCUT2D eigenvalue weighted by Gasteiger charge is 2.19. The Bertz CT molecular complexity index is 1520. The predicted molar refractivity (Wildman–Crippen MR) is 155 cm³/mol. The molecule has 3 heterocycles. The summed E-state index contributed by atoms with van der Waals surface area (Å²) >= 11 is 0. The fourth-order valence-corrected chi connectivity index (χ4v) is 4.81. The van der Waals surface area contributed by atoms with E-state index in [2.05, 4.69) is 61.6 Å². The van der Waals surface area contributed by atoms with Crippen LogP contribution in [0.3, 0.4) is 0 Å². The van der Waals surface area contributed by atoms with Gasteiger partial charge in [0.15, 0.2) is 5.82 Å². The Kier molecular flexibility index (Phi) is 7.53. The first kappa shape index (κ1) is 25.6. The summed E-state index contributed by atoms with van der Waals surface area (Å²) in [6.07, 6.45) is 6.82. The number of halogens is 1. The summed E-state index contributed by atoms with van der Waals surface area (Å²) < 4.78 is 14.7. The monoisotopic (exact) mass is 511 g/mol. The second-order valence-electron chi connectivity index (χ2n) is 9.85. The minimum atomic E-state index is -0.309. The number of likely N-dealkylation sites (N-methyl/N-ethyl adjacent to an activating group) is 1.